The van der Waals surface area contributed by atoms with Crippen LogP contribution in [0.4, 0.5) is 4.39 Å². The summed E-state index contributed by atoms with van der Waals surface area (Å²) >= 11 is 4.71. The monoisotopic (exact) mass is 394 g/mol. The summed E-state index contributed by atoms with van der Waals surface area (Å²) in [6.07, 6.45) is 3.54. The van der Waals surface area contributed by atoms with Gasteiger partial charge in [0.1, 0.15) is 16.5 Å². The number of halogens is 2. The number of aromatic nitrogens is 3. The van der Waals surface area contributed by atoms with Crippen molar-refractivity contribution >= 4 is 33.2 Å². The quantitative estimate of drug-likeness (QED) is 0.737. The highest BCUT2D eigenvalue weighted by Crippen LogP contribution is 2.23. The molecule has 1 N–H and O–H groups in total. The minimum atomic E-state index is -0.343. The molecule has 0 aliphatic carbocycles. The van der Waals surface area contributed by atoms with Crippen molar-refractivity contribution in [3.63, 3.8) is 0 Å². The molecule has 0 atom stereocenters. The molecule has 0 radical (unpaired) electrons. The third kappa shape index (κ3) is 3.65. The van der Waals surface area contributed by atoms with Gasteiger partial charge in [-0.15, -0.1) is 11.3 Å². The molecule has 2 aromatic heterocycles. The van der Waals surface area contributed by atoms with Crippen LogP contribution in [0, 0.1) is 5.82 Å². The third-order valence-electron chi connectivity index (χ3n) is 3.14. The number of carbonyl (C=O) groups excluding carboxylic acids is 1. The van der Waals surface area contributed by atoms with Crippen molar-refractivity contribution in [2.75, 3.05) is 0 Å². The minimum absolute atomic E-state index is 0.219. The second-order valence-corrected chi connectivity index (χ2v) is 6.57. The summed E-state index contributed by atoms with van der Waals surface area (Å²) in [6, 6.07) is 4.35. The van der Waals surface area contributed by atoms with Crippen LogP contribution in [0.15, 0.2) is 40.4 Å². The predicted octanol–water partition coefficient (Wildman–Crippen LogP) is 3.38. The van der Waals surface area contributed by atoms with E-state index in [1.807, 2.05) is 13.2 Å². The van der Waals surface area contributed by atoms with Crippen LogP contribution in [0.25, 0.3) is 10.6 Å². The molecule has 5 nitrogen and oxygen atoms in total. The van der Waals surface area contributed by atoms with Gasteiger partial charge in [0.15, 0.2) is 0 Å². The number of thiazole rings is 1. The number of aryl methyl sites for hydroxylation is 1. The van der Waals surface area contributed by atoms with E-state index in [1.54, 1.807) is 22.3 Å². The van der Waals surface area contributed by atoms with E-state index in [4.69, 9.17) is 0 Å². The Morgan fingerprint density at radius 2 is 2.30 bits per heavy atom. The highest BCUT2D eigenvalue weighted by molar-refractivity contribution is 9.10. The van der Waals surface area contributed by atoms with Gasteiger partial charge in [0.05, 0.1) is 6.20 Å². The number of nitrogens with zero attached hydrogens (tertiary/aromatic N) is 3. The molecule has 8 heteroatoms. The molecule has 1 aromatic carbocycles. The lowest BCUT2D eigenvalue weighted by Crippen LogP contribution is -2.23. The fourth-order valence-corrected chi connectivity index (χ4v) is 3.15. The molecule has 3 aromatic rings. The Morgan fingerprint density at radius 1 is 1.48 bits per heavy atom. The number of hydrogen-bond acceptors (Lipinski definition) is 4. The van der Waals surface area contributed by atoms with E-state index >= 15 is 0 Å². The maximum absolute atomic E-state index is 13.2. The average Bonchev–Trinajstić information content (AvgIpc) is 3.16. The summed E-state index contributed by atoms with van der Waals surface area (Å²) in [5.41, 5.74) is 1.87. The lowest BCUT2D eigenvalue weighted by molar-refractivity contribution is 0.0946. The van der Waals surface area contributed by atoms with Crippen LogP contribution < -0.4 is 5.32 Å². The second-order valence-electron chi connectivity index (χ2n) is 4.86. The molecule has 0 bridgehead atoms. The smallest absolute Gasteiger partial charge is 0.271 e. The van der Waals surface area contributed by atoms with Crippen LogP contribution in [0.5, 0.6) is 0 Å². The summed E-state index contributed by atoms with van der Waals surface area (Å²) in [5.74, 6) is -0.641. The number of nitrogens with one attached hydrogen (secondary N) is 1. The molecule has 0 saturated heterocycles. The van der Waals surface area contributed by atoms with Gasteiger partial charge in [-0.1, -0.05) is 15.9 Å². The van der Waals surface area contributed by atoms with Crippen LogP contribution in [0.1, 0.15) is 16.1 Å². The van der Waals surface area contributed by atoms with Crippen molar-refractivity contribution in [1.82, 2.24) is 20.1 Å². The Hall–Kier alpha value is -2.06. The Balaban J connectivity index is 1.69. The van der Waals surface area contributed by atoms with Gasteiger partial charge in [0.2, 0.25) is 0 Å². The first kappa shape index (κ1) is 15.8. The third-order valence-corrected chi connectivity index (χ3v) is 4.80. The van der Waals surface area contributed by atoms with Gasteiger partial charge in [0, 0.05) is 35.2 Å². The lowest BCUT2D eigenvalue weighted by Gasteiger charge is -2.06. The van der Waals surface area contributed by atoms with Crippen LogP contribution in [-0.4, -0.2) is 20.7 Å². The van der Waals surface area contributed by atoms with Gasteiger partial charge in [-0.3, -0.25) is 9.48 Å². The van der Waals surface area contributed by atoms with Crippen molar-refractivity contribution < 1.29 is 9.18 Å². The Kier molecular flexibility index (Phi) is 4.53. The topological polar surface area (TPSA) is 59.8 Å². The molecule has 2 heterocycles. The van der Waals surface area contributed by atoms with Gasteiger partial charge in [-0.25, -0.2) is 9.37 Å². The molecule has 0 unspecified atom stereocenters. The van der Waals surface area contributed by atoms with E-state index in [9.17, 15) is 9.18 Å². The second kappa shape index (κ2) is 6.59. The van der Waals surface area contributed by atoms with Crippen LogP contribution in [0.3, 0.4) is 0 Å². The van der Waals surface area contributed by atoms with E-state index in [0.717, 1.165) is 15.0 Å². The summed E-state index contributed by atoms with van der Waals surface area (Å²) in [7, 11) is 1.82. The first-order valence-corrected chi connectivity index (χ1v) is 8.37. The first-order chi connectivity index (χ1) is 11.0. The summed E-state index contributed by atoms with van der Waals surface area (Å²) in [6.45, 7) is 0.219. The number of amides is 1. The maximum Gasteiger partial charge on any atom is 0.271 e. The fraction of sp³-hybridized carbons (Fsp3) is 0.133. The SMILES string of the molecule is Cn1cc(-c2nc(C(=O)NCc3cc(F)ccc3Br)cs2)cn1. The van der Waals surface area contributed by atoms with E-state index in [2.05, 4.69) is 31.3 Å². The number of benzene rings is 1. The Bertz CT molecular complexity index is 861. The van der Waals surface area contributed by atoms with Gasteiger partial charge in [-0.2, -0.15) is 5.10 Å². The number of rotatable bonds is 4. The van der Waals surface area contributed by atoms with Crippen LogP contribution >= 0.6 is 27.3 Å². The first-order valence-electron chi connectivity index (χ1n) is 6.69. The highest BCUT2D eigenvalue weighted by atomic mass is 79.9. The lowest BCUT2D eigenvalue weighted by atomic mass is 10.2. The predicted molar refractivity (Wildman–Crippen MR) is 89.6 cm³/mol. The van der Waals surface area contributed by atoms with Crippen molar-refractivity contribution in [3.05, 3.63) is 57.5 Å². The zero-order valence-corrected chi connectivity index (χ0v) is 14.5. The summed E-state index contributed by atoms with van der Waals surface area (Å²) in [5, 5.41) is 9.25. The van der Waals surface area contributed by atoms with Gasteiger partial charge in [-0.05, 0) is 23.8 Å². The van der Waals surface area contributed by atoms with E-state index in [1.165, 1.54) is 23.5 Å². The summed E-state index contributed by atoms with van der Waals surface area (Å²) in [4.78, 5) is 16.5. The molecule has 1 amide bonds. The average molecular weight is 395 g/mol. The van der Waals surface area contributed by atoms with Crippen molar-refractivity contribution in [1.29, 1.82) is 0 Å². The zero-order chi connectivity index (χ0) is 16.4. The van der Waals surface area contributed by atoms with E-state index in [-0.39, 0.29) is 18.3 Å². The zero-order valence-electron chi connectivity index (χ0n) is 12.1. The molecule has 3 rings (SSSR count). The molecule has 0 aliphatic heterocycles. The molecular formula is C15H12BrFN4OS. The standard InChI is InChI=1S/C15H12BrFN4OS/c1-21-7-10(6-19-21)15-20-13(8-23-15)14(22)18-5-9-4-11(17)2-3-12(9)16/h2-4,6-8H,5H2,1H3,(H,18,22). The van der Waals surface area contributed by atoms with E-state index < -0.39 is 0 Å². The molecule has 0 saturated carbocycles. The van der Waals surface area contributed by atoms with Crippen molar-refractivity contribution in [2.45, 2.75) is 6.54 Å². The summed E-state index contributed by atoms with van der Waals surface area (Å²) < 4.78 is 15.7. The highest BCUT2D eigenvalue weighted by Gasteiger charge is 2.13. The van der Waals surface area contributed by atoms with Crippen molar-refractivity contribution in [3.8, 4) is 10.6 Å². The Labute approximate surface area is 144 Å². The van der Waals surface area contributed by atoms with Gasteiger partial charge < -0.3 is 5.32 Å². The Morgan fingerprint density at radius 3 is 3.04 bits per heavy atom. The number of hydrogen-bond donors (Lipinski definition) is 1. The molecule has 0 spiro atoms. The minimum Gasteiger partial charge on any atom is -0.347 e. The molecule has 118 valence electrons. The van der Waals surface area contributed by atoms with Crippen LogP contribution in [-0.2, 0) is 13.6 Å². The van der Waals surface area contributed by atoms with Crippen molar-refractivity contribution in [2.24, 2.45) is 7.05 Å². The fourth-order valence-electron chi connectivity index (χ4n) is 1.99. The van der Waals surface area contributed by atoms with Gasteiger partial charge in [0.25, 0.3) is 5.91 Å². The largest absolute Gasteiger partial charge is 0.347 e. The molecule has 0 fully saturated rings. The molecule has 23 heavy (non-hydrogen) atoms. The number of carbonyl (C=O) groups is 1. The van der Waals surface area contributed by atoms with Gasteiger partial charge >= 0.3 is 0 Å². The molecule has 0 aliphatic rings. The van der Waals surface area contributed by atoms with E-state index in [0.29, 0.717) is 11.3 Å². The normalized spacial score (nSPS) is 10.7. The maximum atomic E-state index is 13.2. The van der Waals surface area contributed by atoms with Crippen LogP contribution in [0.2, 0.25) is 0 Å². The molecular weight excluding hydrogens is 383 g/mol.